The Morgan fingerprint density at radius 2 is 1.15 bits per heavy atom. The van der Waals surface area contributed by atoms with E-state index in [1.54, 1.807) is 0 Å². The third-order valence-corrected chi connectivity index (χ3v) is 9.93. The van der Waals surface area contributed by atoms with Crippen molar-refractivity contribution in [2.24, 2.45) is 0 Å². The molecule has 3 unspecified atom stereocenters. The first-order valence-corrected chi connectivity index (χ1v) is 15.3. The van der Waals surface area contributed by atoms with E-state index in [2.05, 4.69) is 122 Å². The molecule has 0 aliphatic rings. The van der Waals surface area contributed by atoms with Crippen molar-refractivity contribution in [1.29, 1.82) is 0 Å². The molecular weight excluding hydrogens is 404 g/mol. The van der Waals surface area contributed by atoms with Gasteiger partial charge in [0, 0.05) is 0 Å². The first-order chi connectivity index (χ1) is 13.1. The van der Waals surface area contributed by atoms with Gasteiger partial charge in [0.1, 0.15) is 0 Å². The van der Waals surface area contributed by atoms with E-state index in [0.717, 1.165) is 6.42 Å². The standard InChI is InChI=1S/C22H26OP4/c1-19(23-26(24)25)17-18-27(20-11-5-2-6-12-20,21-13-7-3-8-14-21)22-15-9-4-10-16-22/h2-16,18-19H,17,24-25H2,1H3. The fourth-order valence-electron chi connectivity index (χ4n) is 3.31. The smallest absolute Gasteiger partial charge is 0.0643 e. The molecule has 0 fully saturated rings. The van der Waals surface area contributed by atoms with E-state index in [1.165, 1.54) is 15.9 Å². The van der Waals surface area contributed by atoms with Crippen LogP contribution in [0.2, 0.25) is 0 Å². The van der Waals surface area contributed by atoms with Gasteiger partial charge >= 0.3 is 0 Å². The van der Waals surface area contributed by atoms with Crippen LogP contribution in [0.15, 0.2) is 91.0 Å². The average molecular weight is 430 g/mol. The monoisotopic (exact) mass is 430 g/mol. The van der Waals surface area contributed by atoms with Crippen LogP contribution in [0.5, 0.6) is 0 Å². The first-order valence-electron chi connectivity index (χ1n) is 8.99. The summed E-state index contributed by atoms with van der Waals surface area (Å²) in [7, 11) is 4.98. The van der Waals surface area contributed by atoms with E-state index in [-0.39, 0.29) is 6.10 Å². The van der Waals surface area contributed by atoms with E-state index >= 15 is 0 Å². The maximum atomic E-state index is 6.03. The average Bonchev–Trinajstić information content (AvgIpc) is 2.70. The van der Waals surface area contributed by atoms with Gasteiger partial charge in [-0.15, -0.1) is 0 Å². The SMILES string of the molecule is CC(CC=P(c1ccccc1)(c1ccccc1)c1ccccc1)OP(P)P. The summed E-state index contributed by atoms with van der Waals surface area (Å²) in [6.45, 7) is 0.300. The van der Waals surface area contributed by atoms with Crippen LogP contribution in [0, 0.1) is 0 Å². The molecule has 27 heavy (non-hydrogen) atoms. The first kappa shape index (κ1) is 20.9. The molecular formula is C22H26OP4. The predicted octanol–water partition coefficient (Wildman–Crippen LogP) is 5.56. The Bertz CT molecular complexity index is 777. The Hall–Kier alpha value is -0.790. The summed E-state index contributed by atoms with van der Waals surface area (Å²) in [5.74, 6) is 2.53. The van der Waals surface area contributed by atoms with Crippen LogP contribution in [0.1, 0.15) is 13.3 Å². The van der Waals surface area contributed by atoms with E-state index in [0.29, 0.717) is 0 Å². The predicted molar refractivity (Wildman–Crippen MR) is 133 cm³/mol. The van der Waals surface area contributed by atoms with Crippen molar-refractivity contribution in [2.75, 3.05) is 0 Å². The minimum atomic E-state index is -1.86. The molecule has 0 aliphatic heterocycles. The molecule has 3 aromatic carbocycles. The second-order valence-corrected chi connectivity index (χ2v) is 15.6. The Labute approximate surface area is 168 Å². The summed E-state index contributed by atoms with van der Waals surface area (Å²) in [5.41, 5.74) is 0. The lowest BCUT2D eigenvalue weighted by molar-refractivity contribution is 0.270. The van der Waals surface area contributed by atoms with E-state index in [4.69, 9.17) is 4.52 Å². The third kappa shape index (κ3) is 5.18. The van der Waals surface area contributed by atoms with Crippen molar-refractivity contribution in [2.45, 2.75) is 19.4 Å². The van der Waals surface area contributed by atoms with Gasteiger partial charge in [-0.05, 0) is 36.1 Å². The zero-order valence-electron chi connectivity index (χ0n) is 15.5. The summed E-state index contributed by atoms with van der Waals surface area (Å²) < 4.78 is 6.03. The van der Waals surface area contributed by atoms with Crippen molar-refractivity contribution >= 4 is 54.0 Å². The van der Waals surface area contributed by atoms with Gasteiger partial charge in [0.2, 0.25) is 0 Å². The van der Waals surface area contributed by atoms with Gasteiger partial charge in [-0.25, -0.2) is 0 Å². The summed E-state index contributed by atoms with van der Waals surface area (Å²) in [5, 5.41) is 4.15. The topological polar surface area (TPSA) is 9.23 Å². The van der Waals surface area contributed by atoms with Crippen molar-refractivity contribution in [3.63, 3.8) is 0 Å². The molecule has 0 aliphatic carbocycles. The molecule has 0 amide bonds. The zero-order valence-corrected chi connectivity index (χ0v) is 19.6. The Morgan fingerprint density at radius 1 is 0.778 bits per heavy atom. The zero-order chi connectivity index (χ0) is 19.1. The molecule has 0 spiro atoms. The highest BCUT2D eigenvalue weighted by Gasteiger charge is 2.24. The summed E-state index contributed by atoms with van der Waals surface area (Å²) in [4.78, 5) is 0. The highest BCUT2D eigenvalue weighted by atomic mass is 32.4. The van der Waals surface area contributed by atoms with Gasteiger partial charge in [0.05, 0.1) is 13.6 Å². The van der Waals surface area contributed by atoms with Gasteiger partial charge in [-0.2, -0.15) is 0 Å². The fraction of sp³-hybridized carbons (Fsp3) is 0.136. The van der Waals surface area contributed by atoms with Gasteiger partial charge in [0.15, 0.2) is 0 Å². The second-order valence-electron chi connectivity index (χ2n) is 6.42. The van der Waals surface area contributed by atoms with Crippen LogP contribution >= 0.6 is 32.3 Å². The highest BCUT2D eigenvalue weighted by molar-refractivity contribution is 8.41. The Kier molecular flexibility index (Phi) is 7.85. The Morgan fingerprint density at radius 3 is 1.48 bits per heavy atom. The lowest BCUT2D eigenvalue weighted by atomic mass is 10.3. The molecule has 3 aromatic rings. The molecule has 140 valence electrons. The summed E-state index contributed by atoms with van der Waals surface area (Å²) in [6.07, 6.45) is 1.09. The maximum Gasteiger partial charge on any atom is 0.0643 e. The highest BCUT2D eigenvalue weighted by Crippen LogP contribution is 2.55. The lowest BCUT2D eigenvalue weighted by Crippen LogP contribution is -2.27. The van der Waals surface area contributed by atoms with Crippen LogP contribution in [0.4, 0.5) is 0 Å². The number of benzene rings is 3. The largest absolute Gasteiger partial charge is 0.348 e. The lowest BCUT2D eigenvalue weighted by Gasteiger charge is -2.29. The molecule has 0 N–H and O–H groups in total. The van der Waals surface area contributed by atoms with Gasteiger partial charge in [-0.1, -0.05) is 115 Å². The van der Waals surface area contributed by atoms with E-state index in [1.807, 2.05) is 0 Å². The van der Waals surface area contributed by atoms with Gasteiger partial charge in [-0.3, -0.25) is 0 Å². The van der Waals surface area contributed by atoms with E-state index < -0.39 is 14.4 Å². The van der Waals surface area contributed by atoms with Crippen LogP contribution in [0.3, 0.4) is 0 Å². The molecule has 0 saturated heterocycles. The molecule has 0 heterocycles. The van der Waals surface area contributed by atoms with Crippen LogP contribution < -0.4 is 15.9 Å². The summed E-state index contributed by atoms with van der Waals surface area (Å²) >= 11 is 0. The van der Waals surface area contributed by atoms with E-state index in [9.17, 15) is 0 Å². The van der Waals surface area contributed by atoms with Gasteiger partial charge in [0.25, 0.3) is 0 Å². The minimum absolute atomic E-state index is 0.182. The third-order valence-electron chi connectivity index (χ3n) is 4.50. The van der Waals surface area contributed by atoms with Crippen molar-refractivity contribution in [3.05, 3.63) is 91.0 Å². The number of rotatable bonds is 7. The quantitative estimate of drug-likeness (QED) is 0.447. The van der Waals surface area contributed by atoms with Crippen molar-refractivity contribution < 1.29 is 4.52 Å². The van der Waals surface area contributed by atoms with Crippen LogP contribution in [-0.4, -0.2) is 11.9 Å². The van der Waals surface area contributed by atoms with Crippen LogP contribution in [0.25, 0.3) is 0 Å². The molecule has 0 radical (unpaired) electrons. The van der Waals surface area contributed by atoms with Crippen molar-refractivity contribution in [3.8, 4) is 0 Å². The molecule has 0 bridgehead atoms. The molecule has 3 atom stereocenters. The minimum Gasteiger partial charge on any atom is -0.348 e. The molecule has 1 nitrogen and oxygen atoms in total. The molecule has 0 saturated carbocycles. The van der Waals surface area contributed by atoms with Crippen molar-refractivity contribution in [1.82, 2.24) is 0 Å². The fourth-order valence-corrected chi connectivity index (χ4v) is 9.13. The molecule has 5 heteroatoms. The Balaban J connectivity index is 2.23. The number of hydrogen-bond acceptors (Lipinski definition) is 1. The number of hydrogen-bond donors (Lipinski definition) is 0. The maximum absolute atomic E-state index is 6.03. The summed E-state index contributed by atoms with van der Waals surface area (Å²) in [6, 6.07) is 32.8. The molecule has 3 rings (SSSR count). The van der Waals surface area contributed by atoms with Gasteiger partial charge < -0.3 is 4.52 Å². The molecule has 0 aromatic heterocycles. The van der Waals surface area contributed by atoms with Crippen LogP contribution in [-0.2, 0) is 4.52 Å². The second kappa shape index (κ2) is 10.1. The normalized spacial score (nSPS) is 12.7.